The molecule has 1 amide bonds. The summed E-state index contributed by atoms with van der Waals surface area (Å²) < 4.78 is 48.8. The molecule has 0 spiro atoms. The average molecular weight is 620 g/mol. The molecule has 0 aliphatic carbocycles. The highest BCUT2D eigenvalue weighted by atomic mass is 32.1. The number of aromatic carboxylic acids is 1. The van der Waals surface area contributed by atoms with E-state index in [1.165, 1.54) is 25.0 Å². The number of nitrogens with zero attached hydrogens (tertiary/aromatic N) is 5. The Morgan fingerprint density at radius 1 is 1.12 bits per heavy atom. The van der Waals surface area contributed by atoms with E-state index in [1.807, 2.05) is 0 Å². The largest absolute Gasteiger partial charge is 0.497 e. The van der Waals surface area contributed by atoms with Crippen LogP contribution in [0.15, 0.2) is 42.6 Å². The van der Waals surface area contributed by atoms with E-state index in [1.54, 1.807) is 56.1 Å². The second kappa shape index (κ2) is 12.7. The number of carboxylic acids is 1. The van der Waals surface area contributed by atoms with Crippen molar-refractivity contribution in [2.24, 2.45) is 0 Å². The summed E-state index contributed by atoms with van der Waals surface area (Å²) in [6.07, 6.45) is -3.67. The van der Waals surface area contributed by atoms with Crippen LogP contribution in [0.3, 0.4) is 0 Å². The number of aliphatic hydroxyl groups excluding tert-OH is 1. The summed E-state index contributed by atoms with van der Waals surface area (Å²) in [7, 11) is 3.22. The standard InChI is InChI=1S/C29H32F3N5O5S/c1-16(2)36(13-12-35(4)21(15-38)22-10-11-23(43-22)28(40)41)27(39)20-14-33-37-25(29(30,31)32)17(3)24(34-26(20)37)18-6-8-19(42-5)9-7-18/h6-11,14,16,21,38H,12-13,15H2,1-5H3,(H,40,41). The first-order valence-electron chi connectivity index (χ1n) is 13.3. The minimum atomic E-state index is -4.78. The maximum absolute atomic E-state index is 14.3. The molecule has 0 aliphatic heterocycles. The number of carbonyl (C=O) groups is 2. The van der Waals surface area contributed by atoms with Crippen LogP contribution in [0.5, 0.6) is 5.75 Å². The Balaban J connectivity index is 1.69. The Kier molecular flexibility index (Phi) is 9.42. The lowest BCUT2D eigenvalue weighted by Gasteiger charge is -2.31. The van der Waals surface area contributed by atoms with Gasteiger partial charge in [0.2, 0.25) is 0 Å². The normalized spacial score (nSPS) is 12.7. The molecule has 3 heterocycles. The highest BCUT2D eigenvalue weighted by molar-refractivity contribution is 7.14. The first-order valence-corrected chi connectivity index (χ1v) is 14.1. The number of carbonyl (C=O) groups excluding carboxylic acids is 1. The summed E-state index contributed by atoms with van der Waals surface area (Å²) in [4.78, 5) is 33.7. The van der Waals surface area contributed by atoms with Crippen LogP contribution in [0.1, 0.15) is 56.1 Å². The molecular formula is C29H32F3N5O5S. The molecule has 4 rings (SSSR count). The fourth-order valence-corrected chi connectivity index (χ4v) is 5.86. The van der Waals surface area contributed by atoms with Crippen molar-refractivity contribution >= 4 is 28.9 Å². The van der Waals surface area contributed by atoms with Crippen molar-refractivity contribution in [3.8, 4) is 17.0 Å². The Morgan fingerprint density at radius 3 is 2.33 bits per heavy atom. The van der Waals surface area contributed by atoms with Crippen LogP contribution >= 0.6 is 11.3 Å². The second-order valence-corrected chi connectivity index (χ2v) is 11.3. The van der Waals surface area contributed by atoms with E-state index >= 15 is 0 Å². The van der Waals surface area contributed by atoms with E-state index in [2.05, 4.69) is 10.1 Å². The molecule has 0 saturated carbocycles. The fourth-order valence-electron chi connectivity index (χ4n) is 4.85. The highest BCUT2D eigenvalue weighted by Gasteiger charge is 2.39. The number of alkyl halides is 3. The molecule has 0 fully saturated rings. The van der Waals surface area contributed by atoms with Gasteiger partial charge in [-0.3, -0.25) is 9.69 Å². The van der Waals surface area contributed by atoms with Gasteiger partial charge in [0.1, 0.15) is 16.2 Å². The van der Waals surface area contributed by atoms with Crippen molar-refractivity contribution in [1.82, 2.24) is 24.4 Å². The lowest BCUT2D eigenvalue weighted by molar-refractivity contribution is -0.143. The number of carboxylic acid groups (broad SMARTS) is 1. The number of fused-ring (bicyclic) bond motifs is 1. The Labute approximate surface area is 249 Å². The van der Waals surface area contributed by atoms with Gasteiger partial charge in [0, 0.05) is 35.1 Å². The number of ether oxygens (including phenoxy) is 1. The summed E-state index contributed by atoms with van der Waals surface area (Å²) in [5.74, 6) is -1.08. The monoisotopic (exact) mass is 619 g/mol. The predicted molar refractivity (Wildman–Crippen MR) is 155 cm³/mol. The third kappa shape index (κ3) is 6.50. The minimum Gasteiger partial charge on any atom is -0.497 e. The zero-order valence-electron chi connectivity index (χ0n) is 24.2. The summed E-state index contributed by atoms with van der Waals surface area (Å²) in [6, 6.07) is 8.70. The topological polar surface area (TPSA) is 120 Å². The number of halogens is 3. The van der Waals surface area contributed by atoms with E-state index in [4.69, 9.17) is 4.74 Å². The fraction of sp³-hybridized carbons (Fsp3) is 0.379. The zero-order chi connectivity index (χ0) is 31.6. The number of methoxy groups -OCH3 is 1. The van der Waals surface area contributed by atoms with E-state index in [0.717, 1.165) is 17.5 Å². The van der Waals surface area contributed by atoms with Gasteiger partial charge in [0.15, 0.2) is 11.3 Å². The molecule has 230 valence electrons. The van der Waals surface area contributed by atoms with Crippen molar-refractivity contribution in [3.63, 3.8) is 0 Å². The van der Waals surface area contributed by atoms with Gasteiger partial charge in [-0.15, -0.1) is 11.3 Å². The van der Waals surface area contributed by atoms with Crippen LogP contribution in [0.25, 0.3) is 16.9 Å². The van der Waals surface area contributed by atoms with Crippen LogP contribution in [0.4, 0.5) is 13.2 Å². The number of benzene rings is 1. The number of rotatable bonds is 11. The van der Waals surface area contributed by atoms with Gasteiger partial charge in [-0.1, -0.05) is 0 Å². The van der Waals surface area contributed by atoms with Gasteiger partial charge >= 0.3 is 12.1 Å². The van der Waals surface area contributed by atoms with Crippen molar-refractivity contribution in [2.45, 2.75) is 39.0 Å². The second-order valence-electron chi connectivity index (χ2n) is 10.2. The van der Waals surface area contributed by atoms with Crippen molar-refractivity contribution in [1.29, 1.82) is 0 Å². The van der Waals surface area contributed by atoms with Crippen LogP contribution in [-0.2, 0) is 6.18 Å². The molecule has 10 nitrogen and oxygen atoms in total. The van der Waals surface area contributed by atoms with Gasteiger partial charge in [0.25, 0.3) is 5.91 Å². The predicted octanol–water partition coefficient (Wildman–Crippen LogP) is 5.01. The third-order valence-electron chi connectivity index (χ3n) is 7.19. The number of thiophene rings is 1. The summed E-state index contributed by atoms with van der Waals surface area (Å²) >= 11 is 1.05. The first kappa shape index (κ1) is 31.9. The maximum atomic E-state index is 14.3. The lowest BCUT2D eigenvalue weighted by Crippen LogP contribution is -2.42. The quantitative estimate of drug-likeness (QED) is 0.241. The number of amides is 1. The van der Waals surface area contributed by atoms with Gasteiger partial charge in [-0.05, 0) is 64.2 Å². The molecule has 2 N–H and O–H groups in total. The van der Waals surface area contributed by atoms with E-state index < -0.39 is 29.8 Å². The summed E-state index contributed by atoms with van der Waals surface area (Å²) in [5.41, 5.74) is -0.983. The molecule has 0 bridgehead atoms. The van der Waals surface area contributed by atoms with E-state index in [9.17, 15) is 33.0 Å². The number of aliphatic hydroxyl groups is 1. The number of aromatic nitrogens is 3. The molecular weight excluding hydrogens is 587 g/mol. The lowest BCUT2D eigenvalue weighted by atomic mass is 10.0. The molecule has 1 atom stereocenters. The number of hydrogen-bond acceptors (Lipinski definition) is 8. The smallest absolute Gasteiger partial charge is 0.433 e. The molecule has 14 heteroatoms. The van der Waals surface area contributed by atoms with Gasteiger partial charge in [-0.25, -0.2) is 14.3 Å². The number of hydrogen-bond donors (Lipinski definition) is 2. The average Bonchev–Trinajstić information content (AvgIpc) is 3.60. The number of likely N-dealkylation sites (N-methyl/N-ethyl adjacent to an activating group) is 1. The first-order chi connectivity index (χ1) is 20.3. The van der Waals surface area contributed by atoms with E-state index in [0.29, 0.717) is 20.7 Å². The molecule has 4 aromatic rings. The van der Waals surface area contributed by atoms with Gasteiger partial charge < -0.3 is 19.8 Å². The molecule has 3 aromatic heterocycles. The van der Waals surface area contributed by atoms with Gasteiger partial charge in [0.05, 0.1) is 31.6 Å². The highest BCUT2D eigenvalue weighted by Crippen LogP contribution is 2.37. The minimum absolute atomic E-state index is 0.0651. The Bertz CT molecular complexity index is 1620. The van der Waals surface area contributed by atoms with Crippen molar-refractivity contribution in [3.05, 3.63) is 69.2 Å². The summed E-state index contributed by atoms with van der Waals surface area (Å²) in [5, 5.41) is 23.2. The molecule has 1 aromatic carbocycles. The SMILES string of the molecule is COc1ccc(-c2nc3c(C(=O)N(CCN(C)C(CO)c4ccc(C(=O)O)s4)C(C)C)cnn3c(C(F)(F)F)c2C)cc1. The molecule has 43 heavy (non-hydrogen) atoms. The van der Waals surface area contributed by atoms with Crippen LogP contribution in [0, 0.1) is 6.92 Å². The van der Waals surface area contributed by atoms with Crippen molar-refractivity contribution < 1.29 is 37.7 Å². The Morgan fingerprint density at radius 2 is 1.79 bits per heavy atom. The zero-order valence-corrected chi connectivity index (χ0v) is 25.0. The van der Waals surface area contributed by atoms with Gasteiger partial charge in [-0.2, -0.15) is 18.3 Å². The van der Waals surface area contributed by atoms with Crippen LogP contribution < -0.4 is 4.74 Å². The van der Waals surface area contributed by atoms with Crippen LogP contribution in [-0.4, -0.2) is 86.4 Å². The summed E-state index contributed by atoms with van der Waals surface area (Å²) in [6.45, 7) is 5.06. The third-order valence-corrected chi connectivity index (χ3v) is 8.37. The van der Waals surface area contributed by atoms with E-state index in [-0.39, 0.29) is 53.1 Å². The molecule has 0 radical (unpaired) electrons. The molecule has 1 unspecified atom stereocenters. The Hall–Kier alpha value is -4.01. The van der Waals surface area contributed by atoms with Crippen molar-refractivity contribution in [2.75, 3.05) is 33.9 Å². The maximum Gasteiger partial charge on any atom is 0.433 e. The van der Waals surface area contributed by atoms with Crippen LogP contribution in [0.2, 0.25) is 0 Å². The molecule has 0 saturated heterocycles. The molecule has 0 aliphatic rings.